The predicted octanol–water partition coefficient (Wildman–Crippen LogP) is 5.45. The number of hydrogen-bond donors (Lipinski definition) is 0. The van der Waals surface area contributed by atoms with Crippen LogP contribution in [0.5, 0.6) is 0 Å². The molecule has 0 saturated heterocycles. The van der Waals surface area contributed by atoms with Crippen LogP contribution in [0.25, 0.3) is 0 Å². The zero-order chi connectivity index (χ0) is 12.4. The second-order valence-corrected chi connectivity index (χ2v) is 6.98. The van der Waals surface area contributed by atoms with Gasteiger partial charge in [0.1, 0.15) is 0 Å². The molecule has 0 amide bonds. The lowest BCUT2D eigenvalue weighted by Crippen LogP contribution is -2.28. The normalized spacial score (nSPS) is 12.9. The van der Waals surface area contributed by atoms with Gasteiger partial charge in [0.05, 0.1) is 0 Å². The Labute approximate surface area is 121 Å². The Hall–Kier alpha value is 0.670. The van der Waals surface area contributed by atoms with Gasteiger partial charge in [-0.15, -0.1) is 0 Å². The summed E-state index contributed by atoms with van der Waals surface area (Å²) >= 11 is 29.4. The van der Waals surface area contributed by atoms with Gasteiger partial charge in [-0.25, -0.2) is 0 Å². The van der Waals surface area contributed by atoms with E-state index in [9.17, 15) is 0 Å². The van der Waals surface area contributed by atoms with Crippen LogP contribution in [0.1, 0.15) is 17.5 Å². The Kier molecular flexibility index (Phi) is 5.10. The number of benzene rings is 1. The number of hydrogen-bond acceptors (Lipinski definition) is 0. The average molecular weight is 319 g/mol. The van der Waals surface area contributed by atoms with E-state index < -0.39 is 8.13 Å². The summed E-state index contributed by atoms with van der Waals surface area (Å²) in [6.07, 6.45) is 1.62. The Morgan fingerprint density at radius 2 is 1.69 bits per heavy atom. The molecule has 89 valence electrons. The molecule has 0 unspecified atom stereocenters. The van der Waals surface area contributed by atoms with Gasteiger partial charge in [-0.1, -0.05) is 89.2 Å². The van der Waals surface area contributed by atoms with Crippen LogP contribution in [0.4, 0.5) is 0 Å². The van der Waals surface area contributed by atoms with E-state index in [4.69, 9.17) is 58.0 Å². The summed E-state index contributed by atoms with van der Waals surface area (Å²) in [6, 6.07) is 7.34. The van der Waals surface area contributed by atoms with Crippen LogP contribution in [-0.4, -0.2) is 3.79 Å². The van der Waals surface area contributed by atoms with Crippen molar-refractivity contribution in [2.75, 3.05) is 0 Å². The van der Waals surface area contributed by atoms with Crippen molar-refractivity contribution in [3.05, 3.63) is 42.3 Å². The number of aryl methyl sites for hydroxylation is 1. The van der Waals surface area contributed by atoms with Crippen LogP contribution in [0, 0.1) is 6.92 Å². The molecule has 0 N–H and O–H groups in total. The highest BCUT2D eigenvalue weighted by Gasteiger charge is 2.47. The third-order valence-electron chi connectivity index (χ3n) is 2.11. The molecule has 0 saturated carbocycles. The highest BCUT2D eigenvalue weighted by Crippen LogP contribution is 2.52. The van der Waals surface area contributed by atoms with Crippen molar-refractivity contribution >= 4 is 58.0 Å². The van der Waals surface area contributed by atoms with E-state index in [1.165, 1.54) is 0 Å². The maximum absolute atomic E-state index is 6.06. The van der Waals surface area contributed by atoms with Gasteiger partial charge in [-0.3, -0.25) is 0 Å². The van der Waals surface area contributed by atoms with Gasteiger partial charge in [0, 0.05) is 0 Å². The molecule has 1 radical (unpaired) electrons. The van der Waals surface area contributed by atoms with Crippen LogP contribution >= 0.6 is 58.0 Å². The second-order valence-electron chi connectivity index (χ2n) is 3.38. The molecule has 0 nitrogen and oxygen atoms in total. The topological polar surface area (TPSA) is 0 Å². The first-order valence-electron chi connectivity index (χ1n) is 4.62. The van der Waals surface area contributed by atoms with Crippen molar-refractivity contribution in [2.24, 2.45) is 0 Å². The molecule has 0 aromatic heterocycles. The first-order valence-corrected chi connectivity index (χ1v) is 6.51. The smallest absolute Gasteiger partial charge is 0.0915 e. The van der Waals surface area contributed by atoms with Crippen molar-refractivity contribution in [3.8, 4) is 0 Å². The largest absolute Gasteiger partial charge is 0.227 e. The van der Waals surface area contributed by atoms with E-state index in [1.54, 1.807) is 6.07 Å². The molecular weight excluding hydrogens is 309 g/mol. The zero-order valence-corrected chi connectivity index (χ0v) is 12.1. The minimum atomic E-state index is -1.78. The summed E-state index contributed by atoms with van der Waals surface area (Å²) < 4.78 is -3.34. The average Bonchev–Trinajstić information content (AvgIpc) is 2.17. The summed E-state index contributed by atoms with van der Waals surface area (Å²) in [5.41, 5.74) is 1.63. The molecule has 0 heterocycles. The van der Waals surface area contributed by atoms with E-state index in [0.29, 0.717) is 5.56 Å². The fraction of sp³-hybridized carbons (Fsp3) is 0.364. The lowest BCUT2D eigenvalue weighted by atomic mass is 10.0. The first-order chi connectivity index (χ1) is 7.29. The first kappa shape index (κ1) is 14.7. The van der Waals surface area contributed by atoms with Crippen molar-refractivity contribution in [2.45, 2.75) is 21.0 Å². The highest BCUT2D eigenvalue weighted by molar-refractivity contribution is 6.75. The molecule has 0 aliphatic rings. The lowest BCUT2D eigenvalue weighted by molar-refractivity contribution is 0.870. The minimum Gasteiger partial charge on any atom is -0.0915 e. The molecule has 0 fully saturated rings. The summed E-state index contributed by atoms with van der Waals surface area (Å²) in [5, 5.41) is 0. The van der Waals surface area contributed by atoms with Gasteiger partial charge in [0.25, 0.3) is 0 Å². The molecule has 1 rings (SSSR count). The number of rotatable bonds is 3. The molecule has 0 spiro atoms. The van der Waals surface area contributed by atoms with Crippen LogP contribution in [0.15, 0.2) is 24.3 Å². The molecule has 0 aliphatic heterocycles. The number of halogens is 5. The molecule has 5 heteroatoms. The molecule has 1 aromatic rings. The van der Waals surface area contributed by atoms with E-state index in [0.717, 1.165) is 18.4 Å². The van der Waals surface area contributed by atoms with Crippen molar-refractivity contribution < 1.29 is 0 Å². The van der Waals surface area contributed by atoms with E-state index in [2.05, 4.69) is 6.92 Å². The Bertz CT molecular complexity index is 354. The summed E-state index contributed by atoms with van der Waals surface area (Å²) in [5.74, 6) is 0. The van der Waals surface area contributed by atoms with E-state index in [-0.39, 0.29) is 0 Å². The van der Waals surface area contributed by atoms with Gasteiger partial charge >= 0.3 is 0 Å². The van der Waals surface area contributed by atoms with Gasteiger partial charge in [0.2, 0.25) is 3.79 Å². The van der Waals surface area contributed by atoms with Crippen LogP contribution in [-0.2, 0) is 10.8 Å². The molecule has 0 bridgehead atoms. The summed E-state index contributed by atoms with van der Waals surface area (Å²) in [4.78, 5) is 0. The van der Waals surface area contributed by atoms with Gasteiger partial charge in [0.15, 0.2) is 4.33 Å². The summed E-state index contributed by atoms with van der Waals surface area (Å²) in [6.45, 7) is 3.78. The van der Waals surface area contributed by atoms with Crippen LogP contribution in [0.2, 0.25) is 0 Å². The molecule has 1 aromatic carbocycles. The van der Waals surface area contributed by atoms with Gasteiger partial charge in [-0.05, 0) is 24.0 Å². The second kappa shape index (κ2) is 5.54. The molecule has 16 heavy (non-hydrogen) atoms. The van der Waals surface area contributed by atoms with Crippen LogP contribution in [0.3, 0.4) is 0 Å². The van der Waals surface area contributed by atoms with Gasteiger partial charge in [-0.2, -0.15) is 0 Å². The van der Waals surface area contributed by atoms with Crippen molar-refractivity contribution in [1.82, 2.24) is 0 Å². The van der Waals surface area contributed by atoms with Crippen molar-refractivity contribution in [3.63, 3.8) is 0 Å². The van der Waals surface area contributed by atoms with E-state index >= 15 is 0 Å². The standard InChI is InChI=1S/C11H10Cl5/c1-2-4-8-5-3-6-9(7-8)10(12,13)11(14,15)16/h3,5-7H,1-2,4H2. The predicted molar refractivity (Wildman–Crippen MR) is 73.8 cm³/mol. The Morgan fingerprint density at radius 3 is 2.19 bits per heavy atom. The molecule has 0 atom stereocenters. The summed E-state index contributed by atoms with van der Waals surface area (Å²) in [7, 11) is 0. The maximum atomic E-state index is 6.06. The van der Waals surface area contributed by atoms with Crippen LogP contribution < -0.4 is 0 Å². The Balaban J connectivity index is 3.08. The minimum absolute atomic E-state index is 0.571. The SMILES string of the molecule is [CH2]CCc1cccc(C(Cl)(Cl)C(Cl)(Cl)Cl)c1. The maximum Gasteiger partial charge on any atom is 0.227 e. The van der Waals surface area contributed by atoms with E-state index in [1.807, 2.05) is 18.2 Å². The third-order valence-corrected chi connectivity index (χ3v) is 4.55. The fourth-order valence-corrected chi connectivity index (χ4v) is 1.85. The monoisotopic (exact) mass is 317 g/mol. The lowest BCUT2D eigenvalue weighted by Gasteiger charge is -2.28. The quantitative estimate of drug-likeness (QED) is 0.650. The zero-order valence-electron chi connectivity index (χ0n) is 8.32. The molecular formula is C11H10Cl5. The highest BCUT2D eigenvalue weighted by atomic mass is 35.6. The third kappa shape index (κ3) is 3.34. The fourth-order valence-electron chi connectivity index (χ4n) is 1.29. The molecule has 0 aliphatic carbocycles. The number of alkyl halides is 5. The van der Waals surface area contributed by atoms with Crippen molar-refractivity contribution in [1.29, 1.82) is 0 Å². The Morgan fingerprint density at radius 1 is 1.06 bits per heavy atom. The van der Waals surface area contributed by atoms with Gasteiger partial charge < -0.3 is 0 Å².